The van der Waals surface area contributed by atoms with Crippen LogP contribution in [0.15, 0.2) is 48.5 Å². The summed E-state index contributed by atoms with van der Waals surface area (Å²) in [5, 5.41) is 0. The number of rotatable bonds is 9. The summed E-state index contributed by atoms with van der Waals surface area (Å²) >= 11 is 0. The Hall–Kier alpha value is -2.58. The number of anilines is 1. The number of ether oxygens (including phenoxy) is 2. The average molecular weight is 459 g/mol. The van der Waals surface area contributed by atoms with Gasteiger partial charge in [-0.05, 0) is 60.2 Å². The molecule has 7 nitrogen and oxygen atoms in total. The molecule has 2 aromatic rings. The molecule has 1 aliphatic carbocycles. The molecule has 2 aliphatic rings. The lowest BCUT2D eigenvalue weighted by Crippen LogP contribution is -2.33. The Morgan fingerprint density at radius 1 is 1.16 bits per heavy atom. The average Bonchev–Trinajstić information content (AvgIpc) is 3.15. The van der Waals surface area contributed by atoms with Crippen molar-refractivity contribution in [2.24, 2.45) is 11.8 Å². The van der Waals surface area contributed by atoms with Crippen molar-refractivity contribution in [3.8, 4) is 5.75 Å². The smallest absolute Gasteiger partial charge is 0.337 e. The van der Waals surface area contributed by atoms with Gasteiger partial charge in [-0.25, -0.2) is 13.2 Å². The molecule has 1 aliphatic heterocycles. The van der Waals surface area contributed by atoms with E-state index >= 15 is 0 Å². The van der Waals surface area contributed by atoms with Crippen molar-refractivity contribution in [1.82, 2.24) is 4.90 Å². The SMILES string of the molecule is CCC1(c2cccc(NS(C)(=O)=O)c2)C2CN(CCOc3ccc(C(=O)OC)cc3)CC21. The first-order chi connectivity index (χ1) is 15.3. The molecule has 1 N–H and O–H groups in total. The Kier molecular flexibility index (Phi) is 6.18. The zero-order chi connectivity index (χ0) is 22.9. The van der Waals surface area contributed by atoms with Crippen LogP contribution in [-0.4, -0.2) is 58.9 Å². The maximum absolute atomic E-state index is 11.6. The lowest BCUT2D eigenvalue weighted by atomic mass is 9.87. The molecule has 172 valence electrons. The van der Waals surface area contributed by atoms with Crippen molar-refractivity contribution in [3.63, 3.8) is 0 Å². The fourth-order valence-electron chi connectivity index (χ4n) is 5.34. The first kappa shape index (κ1) is 22.6. The summed E-state index contributed by atoms with van der Waals surface area (Å²) in [7, 11) is -1.92. The topological polar surface area (TPSA) is 84.9 Å². The number of carbonyl (C=O) groups is 1. The highest BCUT2D eigenvalue weighted by molar-refractivity contribution is 7.92. The van der Waals surface area contributed by atoms with Crippen LogP contribution < -0.4 is 9.46 Å². The van der Waals surface area contributed by atoms with Crippen LogP contribution in [0, 0.1) is 11.8 Å². The highest BCUT2D eigenvalue weighted by atomic mass is 32.2. The van der Waals surface area contributed by atoms with Gasteiger partial charge in [0.05, 0.1) is 18.9 Å². The van der Waals surface area contributed by atoms with Crippen LogP contribution in [0.4, 0.5) is 5.69 Å². The van der Waals surface area contributed by atoms with Crippen molar-refractivity contribution in [3.05, 3.63) is 59.7 Å². The number of esters is 1. The predicted molar refractivity (Wildman–Crippen MR) is 124 cm³/mol. The van der Waals surface area contributed by atoms with E-state index in [0.717, 1.165) is 31.8 Å². The normalized spacial score (nSPS) is 24.6. The Balaban J connectivity index is 1.31. The minimum absolute atomic E-state index is 0.135. The summed E-state index contributed by atoms with van der Waals surface area (Å²) in [5.74, 6) is 1.55. The van der Waals surface area contributed by atoms with E-state index in [0.29, 0.717) is 29.7 Å². The Morgan fingerprint density at radius 3 is 2.44 bits per heavy atom. The van der Waals surface area contributed by atoms with Gasteiger partial charge in [0.2, 0.25) is 10.0 Å². The largest absolute Gasteiger partial charge is 0.492 e. The van der Waals surface area contributed by atoms with Gasteiger partial charge in [0.15, 0.2) is 0 Å². The summed E-state index contributed by atoms with van der Waals surface area (Å²) in [6.07, 6.45) is 2.22. The number of methoxy groups -OCH3 is 1. The summed E-state index contributed by atoms with van der Waals surface area (Å²) in [6, 6.07) is 14.8. The Labute approximate surface area is 189 Å². The maximum Gasteiger partial charge on any atom is 0.337 e. The number of sulfonamides is 1. The summed E-state index contributed by atoms with van der Waals surface area (Å²) in [4.78, 5) is 13.9. The molecule has 1 saturated carbocycles. The molecule has 4 rings (SSSR count). The van der Waals surface area contributed by atoms with Gasteiger partial charge >= 0.3 is 5.97 Å². The van der Waals surface area contributed by atoms with Crippen molar-refractivity contribution >= 4 is 21.7 Å². The molecule has 1 saturated heterocycles. The molecule has 1 heterocycles. The number of likely N-dealkylation sites (tertiary alicyclic amines) is 1. The number of nitrogens with zero attached hydrogens (tertiary/aromatic N) is 1. The monoisotopic (exact) mass is 458 g/mol. The van der Waals surface area contributed by atoms with Gasteiger partial charge in [-0.1, -0.05) is 19.1 Å². The zero-order valence-electron chi connectivity index (χ0n) is 18.7. The molecule has 0 amide bonds. The van der Waals surface area contributed by atoms with E-state index < -0.39 is 10.0 Å². The molecule has 0 radical (unpaired) electrons. The third-order valence-electron chi connectivity index (χ3n) is 6.85. The third-order valence-corrected chi connectivity index (χ3v) is 7.46. The molecule has 2 atom stereocenters. The fourth-order valence-corrected chi connectivity index (χ4v) is 5.89. The second kappa shape index (κ2) is 8.75. The Bertz CT molecular complexity index is 1070. The number of nitrogens with one attached hydrogen (secondary N) is 1. The number of hydrogen-bond acceptors (Lipinski definition) is 6. The molecule has 32 heavy (non-hydrogen) atoms. The van der Waals surface area contributed by atoms with E-state index in [-0.39, 0.29) is 11.4 Å². The molecule has 2 fully saturated rings. The van der Waals surface area contributed by atoms with Crippen molar-refractivity contribution < 1.29 is 22.7 Å². The summed E-state index contributed by atoms with van der Waals surface area (Å²) in [5.41, 5.74) is 2.50. The van der Waals surface area contributed by atoms with Crippen LogP contribution in [0.5, 0.6) is 5.75 Å². The van der Waals surface area contributed by atoms with Gasteiger partial charge in [-0.15, -0.1) is 0 Å². The van der Waals surface area contributed by atoms with Gasteiger partial charge in [-0.2, -0.15) is 0 Å². The molecule has 0 aromatic heterocycles. The first-order valence-electron chi connectivity index (χ1n) is 10.9. The lowest BCUT2D eigenvalue weighted by molar-refractivity contribution is 0.0600. The lowest BCUT2D eigenvalue weighted by Gasteiger charge is -2.26. The van der Waals surface area contributed by atoms with Crippen LogP contribution in [-0.2, 0) is 20.2 Å². The first-order valence-corrected chi connectivity index (χ1v) is 12.8. The number of hydrogen-bond donors (Lipinski definition) is 1. The molecular weight excluding hydrogens is 428 g/mol. The van der Waals surface area contributed by atoms with E-state index in [1.54, 1.807) is 30.3 Å². The maximum atomic E-state index is 11.6. The molecular formula is C24H30N2O5S. The Morgan fingerprint density at radius 2 is 1.84 bits per heavy atom. The van der Waals surface area contributed by atoms with Gasteiger partial charge in [0.25, 0.3) is 0 Å². The van der Waals surface area contributed by atoms with Crippen LogP contribution in [0.25, 0.3) is 0 Å². The number of fused-ring (bicyclic) bond motifs is 1. The second-order valence-corrected chi connectivity index (χ2v) is 10.4. The molecule has 2 unspecified atom stereocenters. The minimum Gasteiger partial charge on any atom is -0.492 e. The van der Waals surface area contributed by atoms with Crippen molar-refractivity contribution in [2.45, 2.75) is 18.8 Å². The van der Waals surface area contributed by atoms with E-state index in [1.165, 1.54) is 18.9 Å². The predicted octanol–water partition coefficient (Wildman–Crippen LogP) is 3.13. The molecule has 0 bridgehead atoms. The van der Waals surface area contributed by atoms with Crippen molar-refractivity contribution in [2.75, 3.05) is 44.3 Å². The number of piperidine rings is 1. The molecule has 2 aromatic carbocycles. The van der Waals surface area contributed by atoms with Gasteiger partial charge < -0.3 is 9.47 Å². The van der Waals surface area contributed by atoms with Crippen LogP contribution in [0.3, 0.4) is 0 Å². The number of benzene rings is 2. The molecule has 8 heteroatoms. The summed E-state index contributed by atoms with van der Waals surface area (Å²) < 4.78 is 36.4. The van der Waals surface area contributed by atoms with E-state index in [1.807, 2.05) is 12.1 Å². The quantitative estimate of drug-likeness (QED) is 0.581. The van der Waals surface area contributed by atoms with Crippen LogP contribution in [0.1, 0.15) is 29.3 Å². The van der Waals surface area contributed by atoms with Crippen LogP contribution >= 0.6 is 0 Å². The van der Waals surface area contributed by atoms with E-state index in [4.69, 9.17) is 9.47 Å². The van der Waals surface area contributed by atoms with Gasteiger partial charge in [0, 0.05) is 30.7 Å². The van der Waals surface area contributed by atoms with Crippen molar-refractivity contribution in [1.29, 1.82) is 0 Å². The van der Waals surface area contributed by atoms with E-state index in [9.17, 15) is 13.2 Å². The second-order valence-electron chi connectivity index (χ2n) is 8.69. The van der Waals surface area contributed by atoms with Gasteiger partial charge in [0.1, 0.15) is 12.4 Å². The highest BCUT2D eigenvalue weighted by Gasteiger charge is 2.67. The summed E-state index contributed by atoms with van der Waals surface area (Å²) in [6.45, 7) is 5.70. The highest BCUT2D eigenvalue weighted by Crippen LogP contribution is 2.65. The zero-order valence-corrected chi connectivity index (χ0v) is 19.5. The number of carbonyl (C=O) groups excluding carboxylic acids is 1. The van der Waals surface area contributed by atoms with Gasteiger partial charge in [-0.3, -0.25) is 9.62 Å². The third kappa shape index (κ3) is 4.47. The minimum atomic E-state index is -3.29. The van der Waals surface area contributed by atoms with E-state index in [2.05, 4.69) is 22.6 Å². The van der Waals surface area contributed by atoms with Crippen LogP contribution in [0.2, 0.25) is 0 Å². The standard InChI is InChI=1S/C24H30N2O5S/c1-4-24(18-6-5-7-19(14-18)25-32(3,28)29)21-15-26(16-22(21)24)12-13-31-20-10-8-17(9-11-20)23(27)30-2/h5-11,14,21-22,25H,4,12-13,15-16H2,1-3H3. The fraction of sp³-hybridized carbons (Fsp3) is 0.458. The molecule has 0 spiro atoms.